The lowest BCUT2D eigenvalue weighted by molar-refractivity contribution is -0.253. The highest BCUT2D eigenvalue weighted by Crippen LogP contribution is 2.19. The molecule has 1 fully saturated rings. The van der Waals surface area contributed by atoms with Gasteiger partial charge in [0.15, 0.2) is 12.1 Å². The molecule has 0 bridgehead atoms. The van der Waals surface area contributed by atoms with Crippen LogP contribution < -0.4 is 5.32 Å². The van der Waals surface area contributed by atoms with E-state index in [1.807, 2.05) is 0 Å². The number of aliphatic hydroxyl groups is 4. The molecule has 1 saturated heterocycles. The number of carbonyl (C=O) groups is 2. The number of rotatable bonds is 5. The first kappa shape index (κ1) is 15.7. The zero-order valence-electron chi connectivity index (χ0n) is 10.1. The fourth-order valence-electron chi connectivity index (χ4n) is 1.72. The molecular weight excluding hydrogens is 258 g/mol. The van der Waals surface area contributed by atoms with Gasteiger partial charge in [0.05, 0.1) is 13.0 Å². The molecule has 0 unspecified atom stereocenters. The van der Waals surface area contributed by atoms with Gasteiger partial charge < -0.3 is 30.5 Å². The van der Waals surface area contributed by atoms with Crippen LogP contribution in [0.5, 0.6) is 0 Å². The van der Waals surface area contributed by atoms with Crippen molar-refractivity contribution in [3.63, 3.8) is 0 Å². The quantitative estimate of drug-likeness (QED) is 0.267. The molecule has 1 amide bonds. The maximum absolute atomic E-state index is 11.4. The van der Waals surface area contributed by atoms with Gasteiger partial charge in [0.1, 0.15) is 24.4 Å². The van der Waals surface area contributed by atoms with E-state index in [1.165, 1.54) is 0 Å². The molecule has 0 aromatic rings. The van der Waals surface area contributed by atoms with Crippen molar-refractivity contribution in [2.45, 2.75) is 37.1 Å². The Kier molecular flexibility index (Phi) is 5.58. The third kappa shape index (κ3) is 3.82. The number of hydrogen-bond acceptors (Lipinski definition) is 7. The summed E-state index contributed by atoms with van der Waals surface area (Å²) < 4.78 is 4.84. The van der Waals surface area contributed by atoms with Gasteiger partial charge in [-0.25, -0.2) is 0 Å². The second kappa shape index (κ2) is 6.73. The minimum Gasteiger partial charge on any atom is -0.394 e. The van der Waals surface area contributed by atoms with Gasteiger partial charge in [0.2, 0.25) is 5.91 Å². The van der Waals surface area contributed by atoms with Crippen LogP contribution in [0.4, 0.5) is 0 Å². The van der Waals surface area contributed by atoms with Crippen molar-refractivity contribution in [2.24, 2.45) is 0 Å². The SMILES string of the molecule is C=CC(=O)CC(=O)N[C@@H]1[C@@H](O)[C@H](O)[C@@H](CO)O[C@H]1O. The average Bonchev–Trinajstić information content (AvgIpc) is 2.38. The lowest BCUT2D eigenvalue weighted by atomic mass is 9.97. The third-order valence-corrected chi connectivity index (χ3v) is 2.79. The number of ketones is 1. The van der Waals surface area contributed by atoms with Crippen LogP contribution in [-0.4, -0.2) is 69.4 Å². The molecular formula is C11H17NO7. The minimum absolute atomic E-state index is 0.487. The van der Waals surface area contributed by atoms with Gasteiger partial charge in [-0.05, 0) is 6.08 Å². The van der Waals surface area contributed by atoms with Crippen molar-refractivity contribution < 1.29 is 34.8 Å². The van der Waals surface area contributed by atoms with Gasteiger partial charge in [0.25, 0.3) is 0 Å². The van der Waals surface area contributed by atoms with Crippen LogP contribution in [0.1, 0.15) is 6.42 Å². The Balaban J connectivity index is 2.64. The van der Waals surface area contributed by atoms with Crippen LogP contribution in [0, 0.1) is 0 Å². The Bertz CT molecular complexity index is 359. The zero-order chi connectivity index (χ0) is 14.6. The summed E-state index contributed by atoms with van der Waals surface area (Å²) in [7, 11) is 0. The molecule has 1 aliphatic rings. The fraction of sp³-hybridized carbons (Fsp3) is 0.636. The highest BCUT2D eigenvalue weighted by atomic mass is 16.6. The summed E-state index contributed by atoms with van der Waals surface area (Å²) in [6.45, 7) is 2.61. The molecule has 0 saturated carbocycles. The first-order chi connectivity index (χ1) is 8.90. The van der Waals surface area contributed by atoms with Crippen LogP contribution in [0.25, 0.3) is 0 Å². The van der Waals surface area contributed by atoms with Crippen molar-refractivity contribution in [1.29, 1.82) is 0 Å². The Morgan fingerprint density at radius 2 is 1.89 bits per heavy atom. The lowest BCUT2D eigenvalue weighted by Crippen LogP contribution is -2.64. The Labute approximate surface area is 109 Å². The maximum Gasteiger partial charge on any atom is 0.228 e. The van der Waals surface area contributed by atoms with E-state index in [0.717, 1.165) is 6.08 Å². The Hall–Kier alpha value is -1.32. The summed E-state index contributed by atoms with van der Waals surface area (Å²) in [6, 6.07) is -1.29. The molecule has 8 nitrogen and oxygen atoms in total. The first-order valence-electron chi connectivity index (χ1n) is 5.65. The summed E-state index contributed by atoms with van der Waals surface area (Å²) in [5.74, 6) is -1.27. The number of allylic oxidation sites excluding steroid dienone is 1. The molecule has 1 rings (SSSR count). The average molecular weight is 275 g/mol. The van der Waals surface area contributed by atoms with Crippen molar-refractivity contribution in [3.05, 3.63) is 12.7 Å². The second-order valence-corrected chi connectivity index (χ2v) is 4.17. The molecule has 0 aliphatic carbocycles. The highest BCUT2D eigenvalue weighted by Gasteiger charge is 2.44. The van der Waals surface area contributed by atoms with Crippen LogP contribution in [0.3, 0.4) is 0 Å². The van der Waals surface area contributed by atoms with E-state index in [2.05, 4.69) is 11.9 Å². The topological polar surface area (TPSA) is 136 Å². The van der Waals surface area contributed by atoms with E-state index in [9.17, 15) is 24.9 Å². The van der Waals surface area contributed by atoms with E-state index in [1.54, 1.807) is 0 Å². The number of nitrogens with one attached hydrogen (secondary N) is 1. The molecule has 0 spiro atoms. The normalized spacial score (nSPS) is 34.6. The largest absolute Gasteiger partial charge is 0.394 e. The van der Waals surface area contributed by atoms with Gasteiger partial charge in [-0.1, -0.05) is 6.58 Å². The molecule has 0 radical (unpaired) electrons. The molecule has 5 N–H and O–H groups in total. The van der Waals surface area contributed by atoms with Crippen LogP contribution in [0.2, 0.25) is 0 Å². The van der Waals surface area contributed by atoms with Crippen molar-refractivity contribution in [1.82, 2.24) is 5.32 Å². The van der Waals surface area contributed by atoms with E-state index in [0.29, 0.717) is 0 Å². The predicted octanol–water partition coefficient (Wildman–Crippen LogP) is -2.95. The highest BCUT2D eigenvalue weighted by molar-refractivity contribution is 6.03. The molecule has 5 atom stereocenters. The number of ether oxygens (including phenoxy) is 1. The lowest BCUT2D eigenvalue weighted by Gasteiger charge is -2.40. The summed E-state index contributed by atoms with van der Waals surface area (Å²) in [5, 5.41) is 39.9. The summed E-state index contributed by atoms with van der Waals surface area (Å²) in [4.78, 5) is 22.4. The van der Waals surface area contributed by atoms with Gasteiger partial charge in [0, 0.05) is 0 Å². The van der Waals surface area contributed by atoms with Crippen LogP contribution in [0.15, 0.2) is 12.7 Å². The molecule has 1 heterocycles. The molecule has 19 heavy (non-hydrogen) atoms. The molecule has 108 valence electrons. The van der Waals surface area contributed by atoms with Crippen molar-refractivity contribution in [3.8, 4) is 0 Å². The van der Waals surface area contributed by atoms with Crippen molar-refractivity contribution >= 4 is 11.7 Å². The van der Waals surface area contributed by atoms with E-state index < -0.39 is 55.4 Å². The molecule has 8 heteroatoms. The smallest absolute Gasteiger partial charge is 0.228 e. The Morgan fingerprint density at radius 1 is 1.26 bits per heavy atom. The summed E-state index contributed by atoms with van der Waals surface area (Å²) in [6.07, 6.45) is -5.25. The Morgan fingerprint density at radius 3 is 2.42 bits per heavy atom. The fourth-order valence-corrected chi connectivity index (χ4v) is 1.72. The monoisotopic (exact) mass is 275 g/mol. The maximum atomic E-state index is 11.4. The first-order valence-corrected chi connectivity index (χ1v) is 5.65. The number of aliphatic hydroxyl groups excluding tert-OH is 4. The van der Waals surface area contributed by atoms with E-state index in [-0.39, 0.29) is 0 Å². The molecule has 0 aromatic carbocycles. The van der Waals surface area contributed by atoms with E-state index >= 15 is 0 Å². The van der Waals surface area contributed by atoms with Gasteiger partial charge in [-0.2, -0.15) is 0 Å². The van der Waals surface area contributed by atoms with Crippen LogP contribution >= 0.6 is 0 Å². The third-order valence-electron chi connectivity index (χ3n) is 2.79. The van der Waals surface area contributed by atoms with Gasteiger partial charge in [-0.3, -0.25) is 9.59 Å². The van der Waals surface area contributed by atoms with Crippen molar-refractivity contribution in [2.75, 3.05) is 6.61 Å². The van der Waals surface area contributed by atoms with Crippen LogP contribution in [-0.2, 0) is 14.3 Å². The minimum atomic E-state index is -1.60. The predicted molar refractivity (Wildman–Crippen MR) is 61.7 cm³/mol. The summed E-state index contributed by atoms with van der Waals surface area (Å²) >= 11 is 0. The summed E-state index contributed by atoms with van der Waals surface area (Å²) in [5.41, 5.74) is 0. The standard InChI is InChI=1S/C11H17NO7/c1-2-5(14)3-7(15)12-8-10(17)9(16)6(4-13)19-11(8)18/h2,6,8-11,13,16-18H,1,3-4H2,(H,12,15)/t6-,8-,9-,10-,11-/m1/s1. The number of carbonyl (C=O) groups excluding carboxylic acids is 2. The molecule has 0 aromatic heterocycles. The zero-order valence-corrected chi connectivity index (χ0v) is 10.1. The van der Waals surface area contributed by atoms with Gasteiger partial charge >= 0.3 is 0 Å². The van der Waals surface area contributed by atoms with E-state index in [4.69, 9.17) is 9.84 Å². The van der Waals surface area contributed by atoms with Gasteiger partial charge in [-0.15, -0.1) is 0 Å². The molecule has 1 aliphatic heterocycles. The number of hydrogen-bond donors (Lipinski definition) is 5. The second-order valence-electron chi connectivity index (χ2n) is 4.17. The number of amides is 1.